The van der Waals surface area contributed by atoms with E-state index >= 15 is 0 Å². The number of rotatable bonds is 3. The van der Waals surface area contributed by atoms with Gasteiger partial charge in [0.05, 0.1) is 6.26 Å². The van der Waals surface area contributed by atoms with Crippen LogP contribution in [0.1, 0.15) is 21.7 Å². The average Bonchev–Trinajstić information content (AvgIpc) is 2.74. The Bertz CT molecular complexity index is 455. The van der Waals surface area contributed by atoms with Crippen molar-refractivity contribution in [2.75, 3.05) is 0 Å². The molecule has 0 aliphatic carbocycles. The number of ketones is 1. The second-order valence-corrected chi connectivity index (χ2v) is 3.50. The van der Waals surface area contributed by atoms with Gasteiger partial charge in [-0.05, 0) is 30.2 Å². The lowest BCUT2D eigenvalue weighted by atomic mass is 10.0. The highest BCUT2D eigenvalue weighted by molar-refractivity contribution is 5.95. The van der Waals surface area contributed by atoms with Gasteiger partial charge < -0.3 is 4.42 Å². The summed E-state index contributed by atoms with van der Waals surface area (Å²) in [5, 5.41) is 0. The van der Waals surface area contributed by atoms with Crippen molar-refractivity contribution in [2.24, 2.45) is 0 Å². The Hall–Kier alpha value is -1.83. The third-order valence-electron chi connectivity index (χ3n) is 2.41. The van der Waals surface area contributed by atoms with E-state index < -0.39 is 0 Å². The van der Waals surface area contributed by atoms with E-state index in [9.17, 15) is 4.79 Å². The van der Waals surface area contributed by atoms with E-state index in [-0.39, 0.29) is 5.78 Å². The zero-order chi connectivity index (χ0) is 10.7. The Morgan fingerprint density at radius 2 is 2.00 bits per heavy atom. The first-order valence-corrected chi connectivity index (χ1v) is 4.88. The second-order valence-electron chi connectivity index (χ2n) is 3.50. The molecule has 0 atom stereocenters. The van der Waals surface area contributed by atoms with Crippen LogP contribution in [0, 0.1) is 6.92 Å². The zero-order valence-electron chi connectivity index (χ0n) is 8.57. The third-order valence-corrected chi connectivity index (χ3v) is 2.41. The third kappa shape index (κ3) is 2.15. The van der Waals surface area contributed by atoms with Crippen LogP contribution < -0.4 is 0 Å². The van der Waals surface area contributed by atoms with E-state index in [0.29, 0.717) is 12.2 Å². The topological polar surface area (TPSA) is 30.2 Å². The predicted molar refractivity (Wildman–Crippen MR) is 57.9 cm³/mol. The summed E-state index contributed by atoms with van der Waals surface area (Å²) in [6.07, 6.45) is 1.92. The minimum Gasteiger partial charge on any atom is -0.461 e. The first-order chi connectivity index (χ1) is 7.27. The van der Waals surface area contributed by atoms with Gasteiger partial charge in [-0.1, -0.05) is 24.3 Å². The monoisotopic (exact) mass is 200 g/mol. The molecule has 0 bridgehead atoms. The zero-order valence-corrected chi connectivity index (χ0v) is 8.57. The molecule has 2 nitrogen and oxygen atoms in total. The molecule has 0 N–H and O–H groups in total. The summed E-state index contributed by atoms with van der Waals surface area (Å²) in [6, 6.07) is 11.3. The van der Waals surface area contributed by atoms with Gasteiger partial charge in [0, 0.05) is 6.42 Å². The normalized spacial score (nSPS) is 10.2. The van der Waals surface area contributed by atoms with Crippen molar-refractivity contribution in [3.63, 3.8) is 0 Å². The van der Waals surface area contributed by atoms with Crippen LogP contribution in [0.3, 0.4) is 0 Å². The van der Waals surface area contributed by atoms with Crippen LogP contribution in [0.25, 0.3) is 0 Å². The lowest BCUT2D eigenvalue weighted by Gasteiger charge is -2.02. The number of hydrogen-bond donors (Lipinski definition) is 0. The van der Waals surface area contributed by atoms with E-state index in [2.05, 4.69) is 0 Å². The summed E-state index contributed by atoms with van der Waals surface area (Å²) < 4.78 is 5.06. The van der Waals surface area contributed by atoms with Crippen molar-refractivity contribution in [2.45, 2.75) is 13.3 Å². The molecule has 0 aliphatic heterocycles. The van der Waals surface area contributed by atoms with E-state index in [1.54, 1.807) is 12.1 Å². The Balaban J connectivity index is 2.17. The highest BCUT2D eigenvalue weighted by Gasteiger charge is 2.10. The van der Waals surface area contributed by atoms with E-state index in [1.807, 2.05) is 31.2 Å². The number of Topliss-reactive ketones (excluding diaryl/α,β-unsaturated/α-hetero) is 1. The molecule has 0 amide bonds. The minimum atomic E-state index is 0.0225. The molecule has 0 fully saturated rings. The number of carbonyl (C=O) groups is 1. The molecule has 0 saturated carbocycles. The molecule has 0 aliphatic rings. The first kappa shape index (κ1) is 9.71. The summed E-state index contributed by atoms with van der Waals surface area (Å²) in [4.78, 5) is 11.7. The Morgan fingerprint density at radius 1 is 1.20 bits per heavy atom. The first-order valence-electron chi connectivity index (χ1n) is 4.88. The number of aryl methyl sites for hydroxylation is 1. The van der Waals surface area contributed by atoms with Crippen LogP contribution in [0.4, 0.5) is 0 Å². The molecule has 2 rings (SSSR count). The maximum absolute atomic E-state index is 11.7. The summed E-state index contributed by atoms with van der Waals surface area (Å²) in [6.45, 7) is 2.00. The molecule has 2 aromatic rings. The molecule has 15 heavy (non-hydrogen) atoms. The molecule has 1 heterocycles. The standard InChI is InChI=1S/C13H12O2/c1-10-5-2-3-6-11(10)9-12(14)13-7-4-8-15-13/h2-8H,9H2,1H3. The van der Waals surface area contributed by atoms with Crippen LogP contribution in [-0.2, 0) is 6.42 Å². The SMILES string of the molecule is Cc1ccccc1CC(=O)c1ccco1. The number of furan rings is 1. The molecule has 2 heteroatoms. The quantitative estimate of drug-likeness (QED) is 0.713. The van der Waals surface area contributed by atoms with Crippen LogP contribution in [0.15, 0.2) is 47.1 Å². The largest absolute Gasteiger partial charge is 0.461 e. The van der Waals surface area contributed by atoms with Gasteiger partial charge in [-0.3, -0.25) is 4.79 Å². The highest BCUT2D eigenvalue weighted by atomic mass is 16.3. The van der Waals surface area contributed by atoms with Crippen molar-refractivity contribution < 1.29 is 9.21 Å². The van der Waals surface area contributed by atoms with Crippen molar-refractivity contribution in [3.8, 4) is 0 Å². The van der Waals surface area contributed by atoms with Gasteiger partial charge in [-0.25, -0.2) is 0 Å². The number of hydrogen-bond acceptors (Lipinski definition) is 2. The van der Waals surface area contributed by atoms with Crippen molar-refractivity contribution in [1.82, 2.24) is 0 Å². The van der Waals surface area contributed by atoms with Crippen LogP contribution in [0.2, 0.25) is 0 Å². The van der Waals surface area contributed by atoms with E-state index in [4.69, 9.17) is 4.42 Å². The van der Waals surface area contributed by atoms with Gasteiger partial charge in [0.1, 0.15) is 0 Å². The highest BCUT2D eigenvalue weighted by Crippen LogP contribution is 2.11. The van der Waals surface area contributed by atoms with E-state index in [1.165, 1.54) is 6.26 Å². The molecule has 1 aromatic heterocycles. The van der Waals surface area contributed by atoms with Crippen molar-refractivity contribution in [1.29, 1.82) is 0 Å². The lowest BCUT2D eigenvalue weighted by molar-refractivity contribution is 0.0966. The summed E-state index contributed by atoms with van der Waals surface area (Å²) in [5.74, 6) is 0.451. The number of benzene rings is 1. The van der Waals surface area contributed by atoms with Crippen LogP contribution in [-0.4, -0.2) is 5.78 Å². The molecular weight excluding hydrogens is 188 g/mol. The lowest BCUT2D eigenvalue weighted by Crippen LogP contribution is -2.03. The fourth-order valence-corrected chi connectivity index (χ4v) is 1.51. The molecule has 0 spiro atoms. The van der Waals surface area contributed by atoms with Crippen LogP contribution >= 0.6 is 0 Å². The Kier molecular flexibility index (Phi) is 2.68. The van der Waals surface area contributed by atoms with Gasteiger partial charge in [-0.15, -0.1) is 0 Å². The van der Waals surface area contributed by atoms with Gasteiger partial charge in [0.25, 0.3) is 0 Å². The van der Waals surface area contributed by atoms with Crippen molar-refractivity contribution >= 4 is 5.78 Å². The molecule has 76 valence electrons. The van der Waals surface area contributed by atoms with Crippen molar-refractivity contribution in [3.05, 3.63) is 59.5 Å². The van der Waals surface area contributed by atoms with Gasteiger partial charge >= 0.3 is 0 Å². The van der Waals surface area contributed by atoms with E-state index in [0.717, 1.165) is 11.1 Å². The Morgan fingerprint density at radius 3 is 2.67 bits per heavy atom. The maximum Gasteiger partial charge on any atom is 0.202 e. The smallest absolute Gasteiger partial charge is 0.202 e. The maximum atomic E-state index is 11.7. The Labute approximate surface area is 88.5 Å². The molecular formula is C13H12O2. The van der Waals surface area contributed by atoms with Crippen LogP contribution in [0.5, 0.6) is 0 Å². The molecule has 1 aromatic carbocycles. The number of carbonyl (C=O) groups excluding carboxylic acids is 1. The van der Waals surface area contributed by atoms with Gasteiger partial charge in [0.15, 0.2) is 5.76 Å². The summed E-state index contributed by atoms with van der Waals surface area (Å²) >= 11 is 0. The molecule has 0 radical (unpaired) electrons. The van der Waals surface area contributed by atoms with Gasteiger partial charge in [-0.2, -0.15) is 0 Å². The fraction of sp³-hybridized carbons (Fsp3) is 0.154. The second kappa shape index (κ2) is 4.13. The fourth-order valence-electron chi connectivity index (χ4n) is 1.51. The average molecular weight is 200 g/mol. The molecule has 0 unspecified atom stereocenters. The minimum absolute atomic E-state index is 0.0225. The molecule has 0 saturated heterocycles. The van der Waals surface area contributed by atoms with Gasteiger partial charge in [0.2, 0.25) is 5.78 Å². The summed E-state index contributed by atoms with van der Waals surface area (Å²) in [5.41, 5.74) is 2.19. The predicted octanol–water partition coefficient (Wildman–Crippen LogP) is 3.01. The summed E-state index contributed by atoms with van der Waals surface area (Å²) in [7, 11) is 0.